The van der Waals surface area contributed by atoms with Crippen molar-refractivity contribution in [1.29, 1.82) is 0 Å². The van der Waals surface area contributed by atoms with E-state index in [0.717, 1.165) is 37.3 Å². The number of fused-ring (bicyclic) bond motifs is 1. The zero-order valence-electron chi connectivity index (χ0n) is 20.4. The number of amides is 2. The van der Waals surface area contributed by atoms with Gasteiger partial charge in [-0.2, -0.15) is 0 Å². The van der Waals surface area contributed by atoms with Crippen molar-refractivity contribution in [3.05, 3.63) is 48.5 Å². The summed E-state index contributed by atoms with van der Waals surface area (Å²) in [5.74, 6) is 1.96. The van der Waals surface area contributed by atoms with Crippen LogP contribution in [0.5, 0.6) is 0 Å². The molecule has 186 valence electrons. The number of benzene rings is 1. The minimum atomic E-state index is -0.611. The number of hydrogen-bond donors (Lipinski definition) is 2. The Balaban J connectivity index is 1.19. The first-order chi connectivity index (χ1) is 17.0. The standard InChI is InChI=1S/C26H35N7O2/c1-30-14-11-27-23(30)17-32-18-33(21-5-3-2-4-6-21)26(25(32)35)9-12-31(13-10-26)24(34)19-7-8-22-20(15-19)16-28-29-22/h2-6,11,14,19-20,22,28-29H,7-10,12-13,15-18H2,1H3. The number of hydrazine groups is 1. The van der Waals surface area contributed by atoms with E-state index in [0.29, 0.717) is 51.1 Å². The number of aryl methyl sites for hydroxylation is 1. The summed E-state index contributed by atoms with van der Waals surface area (Å²) in [5, 5.41) is 0. The van der Waals surface area contributed by atoms with Crippen LogP contribution in [0.1, 0.15) is 37.9 Å². The van der Waals surface area contributed by atoms with Crippen molar-refractivity contribution in [3.63, 3.8) is 0 Å². The van der Waals surface area contributed by atoms with E-state index in [4.69, 9.17) is 0 Å². The van der Waals surface area contributed by atoms with E-state index >= 15 is 0 Å². The Hall–Kier alpha value is -2.91. The molecule has 35 heavy (non-hydrogen) atoms. The van der Waals surface area contributed by atoms with Gasteiger partial charge in [-0.3, -0.25) is 20.4 Å². The molecule has 2 N–H and O–H groups in total. The third kappa shape index (κ3) is 3.90. The summed E-state index contributed by atoms with van der Waals surface area (Å²) < 4.78 is 1.97. The third-order valence-corrected chi connectivity index (χ3v) is 8.72. The second kappa shape index (κ2) is 8.95. The molecule has 2 aromatic rings. The molecule has 3 aliphatic heterocycles. The number of carbonyl (C=O) groups excluding carboxylic acids is 2. The van der Waals surface area contributed by atoms with Crippen LogP contribution in [0.4, 0.5) is 5.69 Å². The number of piperidine rings is 1. The molecule has 3 saturated heterocycles. The SMILES string of the molecule is Cn1ccnc1CN1CN(c2ccccc2)C2(CCN(C(=O)C3CCC4NNCC4C3)CC2)C1=O. The van der Waals surface area contributed by atoms with Gasteiger partial charge in [0.15, 0.2) is 0 Å². The first kappa shape index (κ1) is 22.5. The van der Waals surface area contributed by atoms with Crippen LogP contribution in [0.15, 0.2) is 42.7 Å². The molecule has 6 rings (SSSR count). The molecule has 4 aliphatic rings. The largest absolute Gasteiger partial charge is 0.342 e. The number of rotatable bonds is 4. The summed E-state index contributed by atoms with van der Waals surface area (Å²) >= 11 is 0. The minimum absolute atomic E-state index is 0.108. The van der Waals surface area contributed by atoms with Gasteiger partial charge in [0.25, 0.3) is 0 Å². The van der Waals surface area contributed by atoms with E-state index in [-0.39, 0.29) is 17.7 Å². The van der Waals surface area contributed by atoms with Crippen LogP contribution < -0.4 is 15.8 Å². The maximum absolute atomic E-state index is 13.9. The van der Waals surface area contributed by atoms with Crippen molar-refractivity contribution < 1.29 is 9.59 Å². The molecule has 1 aliphatic carbocycles. The number of hydrogen-bond acceptors (Lipinski definition) is 6. The number of likely N-dealkylation sites (tertiary alicyclic amines) is 1. The molecule has 9 heteroatoms. The Morgan fingerprint density at radius 1 is 1.17 bits per heavy atom. The predicted octanol–water partition coefficient (Wildman–Crippen LogP) is 1.48. The van der Waals surface area contributed by atoms with E-state index in [1.165, 1.54) is 0 Å². The van der Waals surface area contributed by atoms with Crippen molar-refractivity contribution in [2.24, 2.45) is 18.9 Å². The van der Waals surface area contributed by atoms with Gasteiger partial charge in [-0.25, -0.2) is 4.98 Å². The maximum Gasteiger partial charge on any atom is 0.250 e. The van der Waals surface area contributed by atoms with Crippen molar-refractivity contribution in [2.45, 2.75) is 50.2 Å². The van der Waals surface area contributed by atoms with Gasteiger partial charge in [-0.15, -0.1) is 0 Å². The number of anilines is 1. The molecule has 0 radical (unpaired) electrons. The highest BCUT2D eigenvalue weighted by Crippen LogP contribution is 2.41. The van der Waals surface area contributed by atoms with E-state index in [1.54, 1.807) is 6.20 Å². The first-order valence-electron chi connectivity index (χ1n) is 12.9. The van der Waals surface area contributed by atoms with Gasteiger partial charge >= 0.3 is 0 Å². The second-order valence-corrected chi connectivity index (χ2v) is 10.6. The van der Waals surface area contributed by atoms with E-state index < -0.39 is 5.54 Å². The van der Waals surface area contributed by atoms with E-state index in [2.05, 4.69) is 32.9 Å². The van der Waals surface area contributed by atoms with Crippen LogP contribution in [0.2, 0.25) is 0 Å². The lowest BCUT2D eigenvalue weighted by Crippen LogP contribution is -2.58. The molecule has 1 saturated carbocycles. The van der Waals surface area contributed by atoms with Crippen LogP contribution in [-0.4, -0.2) is 69.0 Å². The molecule has 0 bridgehead atoms. The maximum atomic E-state index is 13.9. The summed E-state index contributed by atoms with van der Waals surface area (Å²) in [5.41, 5.74) is 7.05. The highest BCUT2D eigenvalue weighted by atomic mass is 16.2. The lowest BCUT2D eigenvalue weighted by molar-refractivity contribution is -0.142. The average Bonchev–Trinajstić information content (AvgIpc) is 3.59. The smallest absolute Gasteiger partial charge is 0.250 e. The number of nitrogens with one attached hydrogen (secondary N) is 2. The predicted molar refractivity (Wildman–Crippen MR) is 132 cm³/mol. The zero-order valence-corrected chi connectivity index (χ0v) is 20.4. The molecular weight excluding hydrogens is 442 g/mol. The van der Waals surface area contributed by atoms with Gasteiger partial charge in [-0.05, 0) is 50.2 Å². The normalized spacial score (nSPS) is 28.1. The zero-order chi connectivity index (χ0) is 24.0. The van der Waals surface area contributed by atoms with Crippen LogP contribution >= 0.6 is 0 Å². The molecular formula is C26H35N7O2. The topological polar surface area (TPSA) is 85.7 Å². The molecule has 1 aromatic carbocycles. The lowest BCUT2D eigenvalue weighted by Gasteiger charge is -2.44. The van der Waals surface area contributed by atoms with Gasteiger partial charge in [0, 0.05) is 56.7 Å². The van der Waals surface area contributed by atoms with Gasteiger partial charge in [0.05, 0.1) is 13.2 Å². The van der Waals surface area contributed by atoms with Crippen LogP contribution in [-0.2, 0) is 23.2 Å². The third-order valence-electron chi connectivity index (χ3n) is 8.72. The average molecular weight is 478 g/mol. The molecule has 4 heterocycles. The summed E-state index contributed by atoms with van der Waals surface area (Å²) in [6.45, 7) is 3.23. The highest BCUT2D eigenvalue weighted by Gasteiger charge is 2.54. The summed E-state index contributed by atoms with van der Waals surface area (Å²) in [6, 6.07) is 10.7. The summed E-state index contributed by atoms with van der Waals surface area (Å²) in [4.78, 5) is 38.1. The van der Waals surface area contributed by atoms with Crippen LogP contribution in [0.25, 0.3) is 0 Å². The number of imidazole rings is 1. The fourth-order valence-electron chi connectivity index (χ4n) is 6.62. The molecule has 3 unspecified atom stereocenters. The van der Waals surface area contributed by atoms with Gasteiger partial charge in [-0.1, -0.05) is 18.2 Å². The van der Waals surface area contributed by atoms with Gasteiger partial charge in [0.1, 0.15) is 11.4 Å². The quantitative estimate of drug-likeness (QED) is 0.694. The molecule has 2 amide bonds. The Morgan fingerprint density at radius 3 is 2.71 bits per heavy atom. The number of para-hydroxylation sites is 1. The number of aromatic nitrogens is 2. The molecule has 9 nitrogen and oxygen atoms in total. The van der Waals surface area contributed by atoms with E-state index in [9.17, 15) is 9.59 Å². The second-order valence-electron chi connectivity index (χ2n) is 10.6. The fourth-order valence-corrected chi connectivity index (χ4v) is 6.62. The molecule has 1 aromatic heterocycles. The van der Waals surface area contributed by atoms with Crippen molar-refractivity contribution in [1.82, 2.24) is 30.2 Å². The number of carbonyl (C=O) groups is 2. The van der Waals surface area contributed by atoms with Crippen molar-refractivity contribution in [3.8, 4) is 0 Å². The Labute approximate surface area is 206 Å². The van der Waals surface area contributed by atoms with Gasteiger partial charge < -0.3 is 19.3 Å². The molecule has 4 fully saturated rings. The number of nitrogens with zero attached hydrogens (tertiary/aromatic N) is 5. The van der Waals surface area contributed by atoms with Gasteiger partial charge in [0.2, 0.25) is 11.8 Å². The first-order valence-corrected chi connectivity index (χ1v) is 12.9. The van der Waals surface area contributed by atoms with E-state index in [1.807, 2.05) is 45.8 Å². The Kier molecular flexibility index (Phi) is 5.76. The summed E-state index contributed by atoms with van der Waals surface area (Å²) in [7, 11) is 1.96. The molecule has 3 atom stereocenters. The Bertz CT molecular complexity index is 1080. The van der Waals surface area contributed by atoms with Crippen molar-refractivity contribution in [2.75, 3.05) is 31.2 Å². The minimum Gasteiger partial charge on any atom is -0.342 e. The highest BCUT2D eigenvalue weighted by molar-refractivity contribution is 5.94. The lowest BCUT2D eigenvalue weighted by atomic mass is 9.77. The van der Waals surface area contributed by atoms with Crippen molar-refractivity contribution >= 4 is 17.5 Å². The fraction of sp³-hybridized carbons (Fsp3) is 0.577. The monoisotopic (exact) mass is 477 g/mol. The summed E-state index contributed by atoms with van der Waals surface area (Å²) in [6.07, 6.45) is 7.96. The Morgan fingerprint density at radius 2 is 1.97 bits per heavy atom. The molecule has 1 spiro atoms. The van der Waals surface area contributed by atoms with Crippen LogP contribution in [0, 0.1) is 11.8 Å². The van der Waals surface area contributed by atoms with Crippen LogP contribution in [0.3, 0.4) is 0 Å².